The van der Waals surface area contributed by atoms with Crippen LogP contribution in [0, 0.1) is 0 Å². The summed E-state index contributed by atoms with van der Waals surface area (Å²) in [4.78, 5) is 15.4. The molecule has 0 atom stereocenters. The third kappa shape index (κ3) is 2.81. The molecule has 2 aromatic rings. The van der Waals surface area contributed by atoms with E-state index in [-0.39, 0.29) is 5.91 Å². The van der Waals surface area contributed by atoms with Crippen molar-refractivity contribution in [1.29, 1.82) is 0 Å². The molecule has 1 aliphatic carbocycles. The lowest BCUT2D eigenvalue weighted by Crippen LogP contribution is -2.10. The van der Waals surface area contributed by atoms with Gasteiger partial charge in [-0.25, -0.2) is 4.98 Å². The number of hydrogen-bond acceptors (Lipinski definition) is 3. The van der Waals surface area contributed by atoms with Crippen molar-refractivity contribution in [3.63, 3.8) is 0 Å². The topological polar surface area (TPSA) is 60.9 Å². The summed E-state index contributed by atoms with van der Waals surface area (Å²) in [6.07, 6.45) is 6.43. The molecule has 1 amide bonds. The average Bonchev–Trinajstić information content (AvgIpc) is 3.16. The van der Waals surface area contributed by atoms with Gasteiger partial charge < -0.3 is 10.3 Å². The van der Waals surface area contributed by atoms with Gasteiger partial charge in [-0.1, -0.05) is 23.9 Å². The van der Waals surface area contributed by atoms with Crippen molar-refractivity contribution in [2.75, 3.05) is 0 Å². The molecule has 3 rings (SSSR count). The minimum Gasteiger partial charge on any atom is -0.366 e. The molecule has 0 saturated heterocycles. The summed E-state index contributed by atoms with van der Waals surface area (Å²) in [5.74, 6) is 0.464. The second-order valence-corrected chi connectivity index (χ2v) is 5.64. The van der Waals surface area contributed by atoms with Crippen molar-refractivity contribution >= 4 is 17.7 Å². The first kappa shape index (κ1) is 12.3. The van der Waals surface area contributed by atoms with Gasteiger partial charge in [0.25, 0.3) is 0 Å². The van der Waals surface area contributed by atoms with Crippen LogP contribution < -0.4 is 5.73 Å². The van der Waals surface area contributed by atoms with E-state index in [1.807, 2.05) is 18.3 Å². The van der Waals surface area contributed by atoms with Crippen LogP contribution in [-0.4, -0.2) is 15.5 Å². The van der Waals surface area contributed by atoms with Gasteiger partial charge in [-0.2, -0.15) is 0 Å². The number of thioether (sulfide) groups is 1. The largest absolute Gasteiger partial charge is 0.366 e. The van der Waals surface area contributed by atoms with Gasteiger partial charge >= 0.3 is 0 Å². The van der Waals surface area contributed by atoms with Gasteiger partial charge in [-0.3, -0.25) is 4.79 Å². The molecule has 1 aliphatic rings. The molecule has 0 spiro atoms. The Morgan fingerprint density at radius 2 is 2.11 bits per heavy atom. The minimum atomic E-state index is -0.386. The van der Waals surface area contributed by atoms with Crippen molar-refractivity contribution in [3.05, 3.63) is 47.8 Å². The minimum absolute atomic E-state index is 0.386. The van der Waals surface area contributed by atoms with E-state index in [0.717, 1.165) is 10.9 Å². The fraction of sp³-hybridized carbons (Fsp3) is 0.286. The van der Waals surface area contributed by atoms with Crippen LogP contribution in [0.15, 0.2) is 41.8 Å². The van der Waals surface area contributed by atoms with Crippen molar-refractivity contribution in [2.24, 2.45) is 5.73 Å². The number of carbonyl (C=O) groups excluding carboxylic acids is 1. The van der Waals surface area contributed by atoms with Crippen LogP contribution in [0.1, 0.15) is 34.8 Å². The Balaban J connectivity index is 1.65. The second kappa shape index (κ2) is 5.09. The summed E-state index contributed by atoms with van der Waals surface area (Å²) < 4.78 is 2.25. The highest BCUT2D eigenvalue weighted by Crippen LogP contribution is 2.38. The Labute approximate surface area is 116 Å². The van der Waals surface area contributed by atoms with Crippen LogP contribution >= 0.6 is 11.8 Å². The molecular weight excluding hydrogens is 258 g/mol. The highest BCUT2D eigenvalue weighted by atomic mass is 32.2. The molecule has 1 aromatic carbocycles. The van der Waals surface area contributed by atoms with Gasteiger partial charge in [-0.05, 0) is 30.5 Å². The highest BCUT2D eigenvalue weighted by molar-refractivity contribution is 7.98. The molecule has 19 heavy (non-hydrogen) atoms. The normalized spacial score (nSPS) is 14.5. The first-order valence-corrected chi connectivity index (χ1v) is 7.27. The zero-order valence-electron chi connectivity index (χ0n) is 10.5. The smallest absolute Gasteiger partial charge is 0.248 e. The SMILES string of the molecule is NC(=O)c1ccc(CSc2nccn2C2CC2)cc1. The summed E-state index contributed by atoms with van der Waals surface area (Å²) in [5, 5.41) is 1.07. The zero-order valence-corrected chi connectivity index (χ0v) is 11.3. The number of nitrogens with zero attached hydrogens (tertiary/aromatic N) is 2. The fourth-order valence-corrected chi connectivity index (χ4v) is 2.94. The third-order valence-electron chi connectivity index (χ3n) is 3.18. The van der Waals surface area contributed by atoms with E-state index in [9.17, 15) is 4.79 Å². The van der Waals surface area contributed by atoms with E-state index in [1.54, 1.807) is 23.9 Å². The number of aromatic nitrogens is 2. The Hall–Kier alpha value is -1.75. The van der Waals surface area contributed by atoms with Crippen molar-refractivity contribution in [1.82, 2.24) is 9.55 Å². The monoisotopic (exact) mass is 273 g/mol. The van der Waals surface area contributed by atoms with Gasteiger partial charge in [-0.15, -0.1) is 0 Å². The maximum Gasteiger partial charge on any atom is 0.248 e. The van der Waals surface area contributed by atoms with Gasteiger partial charge in [0.2, 0.25) is 5.91 Å². The second-order valence-electron chi connectivity index (χ2n) is 4.70. The summed E-state index contributed by atoms with van der Waals surface area (Å²) in [6, 6.07) is 8.08. The average molecular weight is 273 g/mol. The van der Waals surface area contributed by atoms with Gasteiger partial charge in [0.05, 0.1) is 0 Å². The first-order valence-electron chi connectivity index (χ1n) is 6.28. The van der Waals surface area contributed by atoms with E-state index < -0.39 is 0 Å². The summed E-state index contributed by atoms with van der Waals surface area (Å²) in [5.41, 5.74) is 6.93. The third-order valence-corrected chi connectivity index (χ3v) is 4.23. The van der Waals surface area contributed by atoms with Gasteiger partial charge in [0, 0.05) is 29.8 Å². The van der Waals surface area contributed by atoms with Crippen LogP contribution in [0.3, 0.4) is 0 Å². The van der Waals surface area contributed by atoms with Crippen LogP contribution in [0.4, 0.5) is 0 Å². The molecule has 1 saturated carbocycles. The molecule has 1 fully saturated rings. The molecule has 0 bridgehead atoms. The van der Waals surface area contributed by atoms with E-state index >= 15 is 0 Å². The number of rotatable bonds is 5. The standard InChI is InChI=1S/C14H15N3OS/c15-13(18)11-3-1-10(2-4-11)9-19-14-16-7-8-17(14)12-5-6-12/h1-4,7-8,12H,5-6,9H2,(H2,15,18). The molecule has 1 heterocycles. The highest BCUT2D eigenvalue weighted by Gasteiger charge is 2.25. The number of nitrogens with two attached hydrogens (primary N) is 1. The van der Waals surface area contributed by atoms with Crippen LogP contribution in [0.2, 0.25) is 0 Å². The van der Waals surface area contributed by atoms with E-state index in [4.69, 9.17) is 5.73 Å². The number of imidazole rings is 1. The lowest BCUT2D eigenvalue weighted by Gasteiger charge is -2.05. The maximum atomic E-state index is 11.0. The van der Waals surface area contributed by atoms with E-state index in [1.165, 1.54) is 18.4 Å². The first-order chi connectivity index (χ1) is 9.24. The van der Waals surface area contributed by atoms with Crippen LogP contribution in [0.5, 0.6) is 0 Å². The molecule has 0 aliphatic heterocycles. The molecule has 0 radical (unpaired) electrons. The molecule has 0 unspecified atom stereocenters. The molecular formula is C14H15N3OS. The Kier molecular flexibility index (Phi) is 3.29. The van der Waals surface area contributed by atoms with E-state index in [2.05, 4.69) is 15.7 Å². The summed E-state index contributed by atoms with van der Waals surface area (Å²) in [7, 11) is 0. The predicted octanol–water partition coefficient (Wildman–Crippen LogP) is 2.61. The quantitative estimate of drug-likeness (QED) is 0.852. The van der Waals surface area contributed by atoms with Gasteiger partial charge in [0.15, 0.2) is 5.16 Å². The predicted molar refractivity (Wildman–Crippen MR) is 75.0 cm³/mol. The number of carbonyl (C=O) groups is 1. The van der Waals surface area contributed by atoms with Crippen LogP contribution in [-0.2, 0) is 5.75 Å². The Morgan fingerprint density at radius 3 is 2.74 bits per heavy atom. The van der Waals surface area contributed by atoms with Gasteiger partial charge in [0.1, 0.15) is 0 Å². The van der Waals surface area contributed by atoms with Crippen LogP contribution in [0.25, 0.3) is 0 Å². The van der Waals surface area contributed by atoms with Crippen molar-refractivity contribution in [2.45, 2.75) is 29.8 Å². The summed E-state index contributed by atoms with van der Waals surface area (Å²) in [6.45, 7) is 0. The Bertz CT molecular complexity index is 587. The fourth-order valence-electron chi connectivity index (χ4n) is 1.95. The maximum absolute atomic E-state index is 11.0. The molecule has 5 heteroatoms. The lowest BCUT2D eigenvalue weighted by atomic mass is 10.1. The number of primary amides is 1. The molecule has 2 N–H and O–H groups in total. The Morgan fingerprint density at radius 1 is 1.37 bits per heavy atom. The molecule has 1 aromatic heterocycles. The lowest BCUT2D eigenvalue weighted by molar-refractivity contribution is 0.100. The van der Waals surface area contributed by atoms with Crippen molar-refractivity contribution in [3.8, 4) is 0 Å². The van der Waals surface area contributed by atoms with Crippen molar-refractivity contribution < 1.29 is 4.79 Å². The number of benzene rings is 1. The molecule has 4 nitrogen and oxygen atoms in total. The summed E-state index contributed by atoms with van der Waals surface area (Å²) >= 11 is 1.73. The van der Waals surface area contributed by atoms with E-state index in [0.29, 0.717) is 11.6 Å². The number of hydrogen-bond donors (Lipinski definition) is 1. The zero-order chi connectivity index (χ0) is 13.2. The number of amides is 1. The molecule has 98 valence electrons.